The second-order valence-electron chi connectivity index (χ2n) is 8.17. The van der Waals surface area contributed by atoms with Crippen LogP contribution in [0.4, 0.5) is 9.80 Å². The summed E-state index contributed by atoms with van der Waals surface area (Å²) in [5.41, 5.74) is 2.62. The molecule has 30 heavy (non-hydrogen) atoms. The van der Waals surface area contributed by atoms with E-state index in [4.69, 9.17) is 9.72 Å². The van der Waals surface area contributed by atoms with Gasteiger partial charge in [-0.2, -0.15) is 0 Å². The number of thiazole rings is 1. The highest BCUT2D eigenvalue weighted by atomic mass is 32.1. The number of anilines is 1. The lowest BCUT2D eigenvalue weighted by atomic mass is 10.0. The zero-order chi connectivity index (χ0) is 21.5. The maximum atomic E-state index is 12.6. The van der Waals surface area contributed by atoms with Crippen LogP contribution in [0.15, 0.2) is 36.9 Å². The Morgan fingerprint density at radius 2 is 2.13 bits per heavy atom. The summed E-state index contributed by atoms with van der Waals surface area (Å²) in [4.78, 5) is 20.2. The number of benzene rings is 1. The van der Waals surface area contributed by atoms with E-state index >= 15 is 0 Å². The Bertz CT molecular complexity index is 1060. The lowest BCUT2D eigenvalue weighted by Crippen LogP contribution is -2.39. The average Bonchev–Trinajstić information content (AvgIpc) is 3.26. The van der Waals surface area contributed by atoms with Gasteiger partial charge < -0.3 is 20.1 Å². The van der Waals surface area contributed by atoms with E-state index in [1.54, 1.807) is 27.6 Å². The van der Waals surface area contributed by atoms with Crippen LogP contribution in [0.25, 0.3) is 20.8 Å². The fraction of sp³-hybridized carbons (Fsp3) is 0.364. The van der Waals surface area contributed by atoms with Crippen molar-refractivity contribution >= 4 is 44.0 Å². The number of para-hydroxylation sites is 1. The Morgan fingerprint density at radius 3 is 2.83 bits per heavy atom. The summed E-state index contributed by atoms with van der Waals surface area (Å²) >= 11 is 3.18. The molecule has 0 saturated heterocycles. The van der Waals surface area contributed by atoms with Crippen LogP contribution in [0.1, 0.15) is 31.2 Å². The quantitative estimate of drug-likeness (QED) is 0.426. The van der Waals surface area contributed by atoms with Gasteiger partial charge in [-0.1, -0.05) is 18.7 Å². The predicted octanol–water partition coefficient (Wildman–Crippen LogP) is 5.23. The number of carbonyl (C=O) groups is 1. The summed E-state index contributed by atoms with van der Waals surface area (Å²) in [6.45, 7) is 10.3. The van der Waals surface area contributed by atoms with Gasteiger partial charge in [0.15, 0.2) is 0 Å². The Kier molecular flexibility index (Phi) is 5.57. The molecule has 158 valence electrons. The number of hydrogen-bond donors (Lipinski definition) is 2. The number of ether oxygens (including phenoxy) is 1. The van der Waals surface area contributed by atoms with Crippen LogP contribution >= 0.6 is 22.7 Å². The third-order valence-electron chi connectivity index (χ3n) is 4.72. The van der Waals surface area contributed by atoms with E-state index in [2.05, 4.69) is 18.0 Å². The Hall–Kier alpha value is -2.42. The second kappa shape index (κ2) is 8.02. The molecule has 1 aliphatic heterocycles. The summed E-state index contributed by atoms with van der Waals surface area (Å²) in [5.74, 6) is 0. The molecule has 6 nitrogen and oxygen atoms in total. The van der Waals surface area contributed by atoms with Crippen molar-refractivity contribution in [3.63, 3.8) is 0 Å². The summed E-state index contributed by atoms with van der Waals surface area (Å²) in [7, 11) is 0. The van der Waals surface area contributed by atoms with Gasteiger partial charge in [0.25, 0.3) is 0 Å². The third-order valence-corrected chi connectivity index (χ3v) is 6.92. The maximum absolute atomic E-state index is 12.6. The Morgan fingerprint density at radius 1 is 1.37 bits per heavy atom. The lowest BCUT2D eigenvalue weighted by Gasteiger charge is -2.30. The van der Waals surface area contributed by atoms with Crippen LogP contribution < -0.4 is 5.32 Å². The van der Waals surface area contributed by atoms with Crippen LogP contribution in [0.5, 0.6) is 0 Å². The molecule has 2 N–H and O–H groups in total. The Balaban J connectivity index is 1.72. The predicted molar refractivity (Wildman–Crippen MR) is 123 cm³/mol. The van der Waals surface area contributed by atoms with Crippen LogP contribution in [0.2, 0.25) is 0 Å². The number of nitrogens with one attached hydrogen (secondary N) is 1. The molecule has 0 aliphatic carbocycles. The lowest BCUT2D eigenvalue weighted by molar-refractivity contribution is 0.0227. The van der Waals surface area contributed by atoms with Crippen molar-refractivity contribution in [3.05, 3.63) is 47.4 Å². The van der Waals surface area contributed by atoms with Gasteiger partial charge in [0.2, 0.25) is 0 Å². The fourth-order valence-corrected chi connectivity index (χ4v) is 5.79. The number of aliphatic hydroxyl groups is 1. The van der Waals surface area contributed by atoms with E-state index in [-0.39, 0.29) is 6.09 Å². The Labute approximate surface area is 183 Å². The van der Waals surface area contributed by atoms with Crippen molar-refractivity contribution in [2.24, 2.45) is 0 Å². The second-order valence-corrected chi connectivity index (χ2v) is 10.3. The molecule has 3 aromatic rings. The molecule has 0 bridgehead atoms. The van der Waals surface area contributed by atoms with E-state index < -0.39 is 11.8 Å². The smallest absolute Gasteiger partial charge is 0.410 e. The molecule has 2 aromatic heterocycles. The zero-order valence-electron chi connectivity index (χ0n) is 17.3. The van der Waals surface area contributed by atoms with Gasteiger partial charge in [-0.25, -0.2) is 9.78 Å². The molecule has 0 fully saturated rings. The van der Waals surface area contributed by atoms with Crippen molar-refractivity contribution in [1.29, 1.82) is 0 Å². The summed E-state index contributed by atoms with van der Waals surface area (Å²) in [5, 5.41) is 15.0. The molecule has 1 unspecified atom stereocenters. The number of rotatable bonds is 4. The average molecular weight is 444 g/mol. The first-order valence-electron chi connectivity index (χ1n) is 9.81. The van der Waals surface area contributed by atoms with E-state index in [0.717, 1.165) is 30.7 Å². The topological polar surface area (TPSA) is 74.7 Å². The first-order chi connectivity index (χ1) is 14.2. The van der Waals surface area contributed by atoms with Gasteiger partial charge in [-0.3, -0.25) is 0 Å². The highest BCUT2D eigenvalue weighted by Crippen LogP contribution is 2.46. The van der Waals surface area contributed by atoms with Gasteiger partial charge in [0.1, 0.15) is 21.8 Å². The van der Waals surface area contributed by atoms with Gasteiger partial charge in [0, 0.05) is 17.0 Å². The van der Waals surface area contributed by atoms with Crippen LogP contribution in [-0.2, 0) is 17.7 Å². The van der Waals surface area contributed by atoms with Crippen LogP contribution in [0, 0.1) is 0 Å². The highest BCUT2D eigenvalue weighted by Gasteiger charge is 2.31. The number of amides is 1. The van der Waals surface area contributed by atoms with Gasteiger partial charge >= 0.3 is 6.09 Å². The number of hydrogen-bond acceptors (Lipinski definition) is 7. The molecule has 8 heteroatoms. The fourth-order valence-electron chi connectivity index (χ4n) is 3.39. The molecule has 3 heterocycles. The minimum Gasteiger partial charge on any atom is -0.444 e. The summed E-state index contributed by atoms with van der Waals surface area (Å²) in [6, 6.07) is 8.05. The van der Waals surface area contributed by atoms with Crippen LogP contribution in [0.3, 0.4) is 0 Å². The minimum absolute atomic E-state index is 0.302. The highest BCUT2D eigenvalue weighted by molar-refractivity contribution is 7.22. The van der Waals surface area contributed by atoms with E-state index in [1.165, 1.54) is 11.6 Å². The molecule has 1 aromatic carbocycles. The number of thiophene rings is 1. The maximum Gasteiger partial charge on any atom is 0.410 e. The van der Waals surface area contributed by atoms with Gasteiger partial charge in [-0.05, 0) is 51.0 Å². The number of fused-ring (bicyclic) bond motifs is 2. The first kappa shape index (κ1) is 20.8. The molecule has 1 aliphatic rings. The molecule has 0 saturated carbocycles. The molecule has 1 amide bonds. The molecular formula is C22H25N3O3S2. The van der Waals surface area contributed by atoms with Crippen molar-refractivity contribution in [2.45, 2.75) is 45.6 Å². The molecule has 4 rings (SSSR count). The number of nitrogens with zero attached hydrogens (tertiary/aromatic N) is 2. The van der Waals surface area contributed by atoms with E-state index in [9.17, 15) is 9.90 Å². The third kappa shape index (κ3) is 4.21. The minimum atomic E-state index is -0.861. The largest absolute Gasteiger partial charge is 0.444 e. The first-order valence-corrected chi connectivity index (χ1v) is 11.4. The van der Waals surface area contributed by atoms with Crippen molar-refractivity contribution in [3.8, 4) is 10.6 Å². The van der Waals surface area contributed by atoms with Crippen LogP contribution in [-0.4, -0.2) is 39.5 Å². The molecular weight excluding hydrogens is 418 g/mol. The normalized spacial score (nSPS) is 15.0. The standard InChI is InChI=1S/C22H25N3O3S2/c1-5-17(26)24-20-18(19-23-14-8-6-7-9-15(14)29-19)13-10-11-25(12-16(13)30-20)21(27)28-22(2,3)4/h5-9,17,24,26H,1,10-12H2,2-4H3. The van der Waals surface area contributed by atoms with Crippen molar-refractivity contribution < 1.29 is 14.6 Å². The summed E-state index contributed by atoms with van der Waals surface area (Å²) in [6.07, 6.45) is 1.000. The van der Waals surface area contributed by atoms with Gasteiger partial charge in [0.05, 0.1) is 16.8 Å². The van der Waals surface area contributed by atoms with Gasteiger partial charge in [-0.15, -0.1) is 22.7 Å². The molecule has 0 radical (unpaired) electrons. The molecule has 0 spiro atoms. The summed E-state index contributed by atoms with van der Waals surface area (Å²) < 4.78 is 6.67. The van der Waals surface area contributed by atoms with E-state index in [1.807, 2.05) is 39.0 Å². The SMILES string of the molecule is C=CC(O)Nc1sc2c(c1-c1nc3ccccc3s1)CCN(C(=O)OC(C)(C)C)C2. The number of aromatic nitrogens is 1. The van der Waals surface area contributed by atoms with E-state index in [0.29, 0.717) is 19.5 Å². The van der Waals surface area contributed by atoms with Crippen molar-refractivity contribution in [2.75, 3.05) is 11.9 Å². The van der Waals surface area contributed by atoms with Crippen molar-refractivity contribution in [1.82, 2.24) is 9.88 Å². The zero-order valence-corrected chi connectivity index (χ0v) is 18.9. The monoisotopic (exact) mass is 443 g/mol. The molecule has 1 atom stereocenters. The number of aliphatic hydroxyl groups excluding tert-OH is 1. The number of carbonyl (C=O) groups excluding carboxylic acids is 1.